The topological polar surface area (TPSA) is 96.2 Å². The van der Waals surface area contributed by atoms with Gasteiger partial charge in [-0.15, -0.1) is 0 Å². The van der Waals surface area contributed by atoms with Crippen LogP contribution in [0.25, 0.3) is 0 Å². The number of β-amino-alcohol motifs (C(OH)–C–C–N with tert-alkyl or cyclic N) is 1. The maximum absolute atomic E-state index is 12.1. The number of aromatic nitrogens is 4. The molecule has 0 aliphatic carbocycles. The molecule has 2 aromatic heterocycles. The van der Waals surface area contributed by atoms with Crippen LogP contribution in [0.1, 0.15) is 24.1 Å². The Balaban J connectivity index is 1.46. The van der Waals surface area contributed by atoms with Gasteiger partial charge >= 0.3 is 0 Å². The summed E-state index contributed by atoms with van der Waals surface area (Å²) in [6.07, 6.45) is 6.77. The number of carbonyl (C=O) groups is 1. The Morgan fingerprint density at radius 1 is 1.40 bits per heavy atom. The zero-order chi connectivity index (χ0) is 17.9. The Labute approximate surface area is 146 Å². The summed E-state index contributed by atoms with van der Waals surface area (Å²) >= 11 is 0. The Bertz CT molecular complexity index is 732. The fourth-order valence-electron chi connectivity index (χ4n) is 3.02. The van der Waals surface area contributed by atoms with E-state index in [2.05, 4.69) is 20.4 Å². The van der Waals surface area contributed by atoms with Gasteiger partial charge in [-0.25, -0.2) is 9.97 Å². The maximum Gasteiger partial charge on any atom is 0.225 e. The van der Waals surface area contributed by atoms with Crippen molar-refractivity contribution in [3.05, 3.63) is 35.9 Å². The molecule has 0 spiro atoms. The lowest BCUT2D eigenvalue weighted by Gasteiger charge is -2.23. The molecule has 1 atom stereocenters. The highest BCUT2D eigenvalue weighted by atomic mass is 16.3. The van der Waals surface area contributed by atoms with E-state index in [1.54, 1.807) is 29.3 Å². The van der Waals surface area contributed by atoms with E-state index in [4.69, 9.17) is 0 Å². The van der Waals surface area contributed by atoms with Crippen molar-refractivity contribution >= 4 is 11.9 Å². The standard InChI is InChI=1S/C17H24N6O2/c1-13-14(10-21-22(13)2)4-5-15(24)20-11-17(25)6-9-23(12-17)16-18-7-3-8-19-16/h3,7-8,10,25H,4-6,9,11-12H2,1-2H3,(H,20,24)/t17-/m1/s1. The summed E-state index contributed by atoms with van der Waals surface area (Å²) in [5, 5.41) is 17.7. The molecule has 2 N–H and O–H groups in total. The number of carbonyl (C=O) groups excluding carboxylic acids is 1. The van der Waals surface area contributed by atoms with Gasteiger partial charge in [0.1, 0.15) is 5.60 Å². The Morgan fingerprint density at radius 3 is 2.84 bits per heavy atom. The van der Waals surface area contributed by atoms with Crippen LogP contribution in [0.3, 0.4) is 0 Å². The highest BCUT2D eigenvalue weighted by Gasteiger charge is 2.37. The molecule has 3 heterocycles. The number of hydrogen-bond acceptors (Lipinski definition) is 6. The molecule has 1 aliphatic rings. The number of nitrogens with one attached hydrogen (secondary N) is 1. The minimum atomic E-state index is -0.945. The minimum Gasteiger partial charge on any atom is -0.386 e. The molecule has 0 bridgehead atoms. The number of rotatable bonds is 6. The van der Waals surface area contributed by atoms with Crippen LogP contribution in [0.4, 0.5) is 5.95 Å². The van der Waals surface area contributed by atoms with E-state index in [0.29, 0.717) is 38.3 Å². The van der Waals surface area contributed by atoms with Gasteiger partial charge in [-0.05, 0) is 31.4 Å². The lowest BCUT2D eigenvalue weighted by molar-refractivity contribution is -0.122. The third-order valence-corrected chi connectivity index (χ3v) is 4.74. The molecule has 1 fully saturated rings. The van der Waals surface area contributed by atoms with Crippen LogP contribution < -0.4 is 10.2 Å². The van der Waals surface area contributed by atoms with E-state index in [1.165, 1.54) is 0 Å². The van der Waals surface area contributed by atoms with Crippen LogP contribution in [0, 0.1) is 6.92 Å². The number of aliphatic hydroxyl groups is 1. The second-order valence-corrected chi connectivity index (χ2v) is 6.60. The first-order chi connectivity index (χ1) is 12.0. The number of amides is 1. The van der Waals surface area contributed by atoms with Crippen molar-refractivity contribution in [1.29, 1.82) is 0 Å². The molecule has 0 aromatic carbocycles. The summed E-state index contributed by atoms with van der Waals surface area (Å²) in [5.74, 6) is 0.544. The second kappa shape index (κ2) is 7.18. The van der Waals surface area contributed by atoms with Gasteiger partial charge in [0.25, 0.3) is 0 Å². The fraction of sp³-hybridized carbons (Fsp3) is 0.529. The molecule has 3 rings (SSSR count). The summed E-state index contributed by atoms with van der Waals surface area (Å²) in [6, 6.07) is 1.76. The highest BCUT2D eigenvalue weighted by Crippen LogP contribution is 2.23. The Morgan fingerprint density at radius 2 is 2.16 bits per heavy atom. The fourth-order valence-corrected chi connectivity index (χ4v) is 3.02. The lowest BCUT2D eigenvalue weighted by atomic mass is 10.0. The van der Waals surface area contributed by atoms with Crippen molar-refractivity contribution in [2.45, 2.75) is 31.8 Å². The number of nitrogens with zero attached hydrogens (tertiary/aromatic N) is 5. The predicted octanol–water partition coefficient (Wildman–Crippen LogP) is 0.209. The molecule has 134 valence electrons. The minimum absolute atomic E-state index is 0.0638. The highest BCUT2D eigenvalue weighted by molar-refractivity contribution is 5.76. The number of anilines is 1. The van der Waals surface area contributed by atoms with Gasteiger partial charge in [0.05, 0.1) is 12.7 Å². The van der Waals surface area contributed by atoms with Gasteiger partial charge in [0, 0.05) is 44.6 Å². The van der Waals surface area contributed by atoms with Crippen LogP contribution in [0.2, 0.25) is 0 Å². The summed E-state index contributed by atoms with van der Waals surface area (Å²) in [7, 11) is 1.89. The molecule has 0 radical (unpaired) electrons. The zero-order valence-corrected chi connectivity index (χ0v) is 14.6. The van der Waals surface area contributed by atoms with Gasteiger partial charge in [0.2, 0.25) is 11.9 Å². The first-order valence-electron chi connectivity index (χ1n) is 8.45. The molecule has 1 aliphatic heterocycles. The molecule has 1 amide bonds. The monoisotopic (exact) mass is 344 g/mol. The molecule has 8 heteroatoms. The molecular formula is C17H24N6O2. The summed E-state index contributed by atoms with van der Waals surface area (Å²) in [6.45, 7) is 3.31. The molecule has 1 saturated heterocycles. The summed E-state index contributed by atoms with van der Waals surface area (Å²) in [5.41, 5.74) is 1.20. The van der Waals surface area contributed by atoms with Crippen molar-refractivity contribution in [3.63, 3.8) is 0 Å². The summed E-state index contributed by atoms with van der Waals surface area (Å²) in [4.78, 5) is 22.4. The van der Waals surface area contributed by atoms with Crippen molar-refractivity contribution < 1.29 is 9.90 Å². The molecular weight excluding hydrogens is 320 g/mol. The van der Waals surface area contributed by atoms with Crippen LogP contribution in [0.15, 0.2) is 24.7 Å². The van der Waals surface area contributed by atoms with Crippen molar-refractivity contribution in [2.24, 2.45) is 7.05 Å². The lowest BCUT2D eigenvalue weighted by Crippen LogP contribution is -2.45. The van der Waals surface area contributed by atoms with E-state index in [-0.39, 0.29) is 12.5 Å². The van der Waals surface area contributed by atoms with Gasteiger partial charge < -0.3 is 15.3 Å². The molecule has 0 saturated carbocycles. The SMILES string of the molecule is Cc1c(CCC(=O)NC[C@]2(O)CCN(c3ncccn3)C2)cnn1C. The van der Waals surface area contributed by atoms with Crippen LogP contribution in [-0.2, 0) is 18.3 Å². The number of aryl methyl sites for hydroxylation is 2. The van der Waals surface area contributed by atoms with E-state index in [9.17, 15) is 9.90 Å². The third-order valence-electron chi connectivity index (χ3n) is 4.74. The molecule has 2 aromatic rings. The Hall–Kier alpha value is -2.48. The quantitative estimate of drug-likeness (QED) is 0.778. The first-order valence-corrected chi connectivity index (χ1v) is 8.45. The normalized spacial score (nSPS) is 20.0. The van der Waals surface area contributed by atoms with Crippen LogP contribution >= 0.6 is 0 Å². The average molecular weight is 344 g/mol. The van der Waals surface area contributed by atoms with Gasteiger partial charge in [0.15, 0.2) is 0 Å². The van der Waals surface area contributed by atoms with E-state index in [0.717, 1.165) is 11.3 Å². The zero-order valence-electron chi connectivity index (χ0n) is 14.6. The van der Waals surface area contributed by atoms with Crippen molar-refractivity contribution in [1.82, 2.24) is 25.1 Å². The van der Waals surface area contributed by atoms with Gasteiger partial charge in [-0.1, -0.05) is 0 Å². The second-order valence-electron chi connectivity index (χ2n) is 6.60. The summed E-state index contributed by atoms with van der Waals surface area (Å²) < 4.78 is 1.80. The van der Waals surface area contributed by atoms with Crippen LogP contribution in [0.5, 0.6) is 0 Å². The smallest absolute Gasteiger partial charge is 0.225 e. The van der Waals surface area contributed by atoms with E-state index >= 15 is 0 Å². The van der Waals surface area contributed by atoms with Gasteiger partial charge in [-0.2, -0.15) is 5.10 Å². The maximum atomic E-state index is 12.1. The Kier molecular flexibility index (Phi) is 4.98. The molecule has 25 heavy (non-hydrogen) atoms. The molecule has 8 nitrogen and oxygen atoms in total. The number of hydrogen-bond donors (Lipinski definition) is 2. The largest absolute Gasteiger partial charge is 0.386 e. The van der Waals surface area contributed by atoms with E-state index < -0.39 is 5.60 Å². The van der Waals surface area contributed by atoms with Crippen molar-refractivity contribution in [3.8, 4) is 0 Å². The first kappa shape index (κ1) is 17.3. The van der Waals surface area contributed by atoms with Gasteiger partial charge in [-0.3, -0.25) is 9.48 Å². The third kappa shape index (κ3) is 4.14. The molecule has 0 unspecified atom stereocenters. The van der Waals surface area contributed by atoms with E-state index in [1.807, 2.05) is 18.9 Å². The predicted molar refractivity (Wildman–Crippen MR) is 93.1 cm³/mol. The van der Waals surface area contributed by atoms with Crippen molar-refractivity contribution in [2.75, 3.05) is 24.5 Å². The average Bonchev–Trinajstić information content (AvgIpc) is 3.16. The van der Waals surface area contributed by atoms with Crippen LogP contribution in [-0.4, -0.2) is 56.0 Å².